The second-order valence-electron chi connectivity index (χ2n) is 3.92. The highest BCUT2D eigenvalue weighted by molar-refractivity contribution is 5.56. The number of aryl methyl sites for hydroxylation is 1. The van der Waals surface area contributed by atoms with Gasteiger partial charge in [0.25, 0.3) is 5.89 Å². The summed E-state index contributed by atoms with van der Waals surface area (Å²) < 4.78 is 32.3. The third-order valence-corrected chi connectivity index (χ3v) is 2.56. The fourth-order valence-electron chi connectivity index (χ4n) is 1.55. The first-order valence-corrected chi connectivity index (χ1v) is 5.55. The average molecular weight is 253 g/mol. The summed E-state index contributed by atoms with van der Waals surface area (Å²) in [5.41, 5.74) is 0.0691. The Kier molecular flexibility index (Phi) is 3.66. The largest absolute Gasteiger partial charge is 0.334 e. The van der Waals surface area contributed by atoms with Crippen LogP contribution in [0.15, 0.2) is 16.7 Å². The quantitative estimate of drug-likeness (QED) is 0.906. The molecule has 0 aliphatic rings. The van der Waals surface area contributed by atoms with Gasteiger partial charge in [-0.25, -0.2) is 8.78 Å². The van der Waals surface area contributed by atoms with E-state index in [2.05, 4.69) is 15.5 Å². The maximum absolute atomic E-state index is 13.8. The first-order valence-electron chi connectivity index (χ1n) is 5.55. The van der Waals surface area contributed by atoms with Crippen molar-refractivity contribution in [2.24, 2.45) is 0 Å². The van der Waals surface area contributed by atoms with Crippen LogP contribution < -0.4 is 5.32 Å². The SMILES string of the molecule is CNCCc1noc(-c2c(F)ccc(C)c2F)n1. The van der Waals surface area contributed by atoms with Crippen molar-refractivity contribution in [2.75, 3.05) is 13.6 Å². The van der Waals surface area contributed by atoms with Crippen molar-refractivity contribution in [3.63, 3.8) is 0 Å². The van der Waals surface area contributed by atoms with Gasteiger partial charge < -0.3 is 9.84 Å². The lowest BCUT2D eigenvalue weighted by atomic mass is 10.1. The Labute approximate surface area is 103 Å². The normalized spacial score (nSPS) is 10.9. The Morgan fingerprint density at radius 3 is 2.83 bits per heavy atom. The van der Waals surface area contributed by atoms with E-state index in [1.807, 2.05) is 0 Å². The van der Waals surface area contributed by atoms with Crippen molar-refractivity contribution in [1.82, 2.24) is 15.5 Å². The predicted octanol–water partition coefficient (Wildman–Crippen LogP) is 2.09. The Morgan fingerprint density at radius 2 is 2.11 bits per heavy atom. The third-order valence-electron chi connectivity index (χ3n) is 2.56. The van der Waals surface area contributed by atoms with Crippen molar-refractivity contribution < 1.29 is 13.3 Å². The van der Waals surface area contributed by atoms with Crippen LogP contribution in [-0.2, 0) is 6.42 Å². The topological polar surface area (TPSA) is 51.0 Å². The van der Waals surface area contributed by atoms with Gasteiger partial charge in [-0.05, 0) is 25.6 Å². The highest BCUT2D eigenvalue weighted by Gasteiger charge is 2.19. The highest BCUT2D eigenvalue weighted by atomic mass is 19.1. The van der Waals surface area contributed by atoms with Gasteiger partial charge in [-0.3, -0.25) is 0 Å². The molecule has 0 saturated heterocycles. The molecule has 0 radical (unpaired) electrons. The Bertz CT molecular complexity index is 554. The number of benzene rings is 1. The monoisotopic (exact) mass is 253 g/mol. The van der Waals surface area contributed by atoms with E-state index in [4.69, 9.17) is 4.52 Å². The van der Waals surface area contributed by atoms with Gasteiger partial charge in [0.1, 0.15) is 17.2 Å². The highest BCUT2D eigenvalue weighted by Crippen LogP contribution is 2.26. The van der Waals surface area contributed by atoms with Gasteiger partial charge in [-0.15, -0.1) is 0 Å². The zero-order valence-electron chi connectivity index (χ0n) is 10.1. The van der Waals surface area contributed by atoms with Crippen molar-refractivity contribution in [2.45, 2.75) is 13.3 Å². The van der Waals surface area contributed by atoms with Crippen LogP contribution in [0.3, 0.4) is 0 Å². The minimum atomic E-state index is -0.707. The molecule has 0 saturated carbocycles. The fourth-order valence-corrected chi connectivity index (χ4v) is 1.55. The number of nitrogens with zero attached hydrogens (tertiary/aromatic N) is 2. The first-order chi connectivity index (χ1) is 8.63. The van der Waals surface area contributed by atoms with Crippen LogP contribution in [-0.4, -0.2) is 23.7 Å². The molecular formula is C12H13F2N3O. The second-order valence-corrected chi connectivity index (χ2v) is 3.92. The molecule has 2 rings (SSSR count). The minimum absolute atomic E-state index is 0.125. The molecule has 1 N–H and O–H groups in total. The molecule has 1 aromatic heterocycles. The number of hydrogen-bond donors (Lipinski definition) is 1. The molecule has 0 amide bonds. The van der Waals surface area contributed by atoms with Gasteiger partial charge in [0, 0.05) is 13.0 Å². The molecule has 4 nitrogen and oxygen atoms in total. The molecule has 18 heavy (non-hydrogen) atoms. The zero-order chi connectivity index (χ0) is 13.1. The van der Waals surface area contributed by atoms with Gasteiger partial charge in [-0.2, -0.15) is 4.98 Å². The van der Waals surface area contributed by atoms with E-state index in [9.17, 15) is 8.78 Å². The maximum atomic E-state index is 13.8. The van der Waals surface area contributed by atoms with E-state index in [-0.39, 0.29) is 11.5 Å². The lowest BCUT2D eigenvalue weighted by molar-refractivity contribution is 0.416. The molecule has 0 aliphatic heterocycles. The number of rotatable bonds is 4. The molecule has 1 heterocycles. The van der Waals surface area contributed by atoms with E-state index in [0.717, 1.165) is 0 Å². The van der Waals surface area contributed by atoms with Crippen molar-refractivity contribution in [3.8, 4) is 11.5 Å². The summed E-state index contributed by atoms with van der Waals surface area (Å²) in [7, 11) is 1.79. The van der Waals surface area contributed by atoms with Gasteiger partial charge in [-0.1, -0.05) is 11.2 Å². The number of halogens is 2. The number of likely N-dealkylation sites (N-methyl/N-ethyl adjacent to an activating group) is 1. The smallest absolute Gasteiger partial charge is 0.263 e. The summed E-state index contributed by atoms with van der Waals surface area (Å²) in [6.07, 6.45) is 0.537. The molecule has 0 atom stereocenters. The fraction of sp³-hybridized carbons (Fsp3) is 0.333. The summed E-state index contributed by atoms with van der Waals surface area (Å²) in [5.74, 6) is -1.08. The van der Waals surface area contributed by atoms with Crippen LogP contribution in [0.5, 0.6) is 0 Å². The summed E-state index contributed by atoms with van der Waals surface area (Å²) >= 11 is 0. The third kappa shape index (κ3) is 2.38. The van der Waals surface area contributed by atoms with Crippen molar-refractivity contribution in [3.05, 3.63) is 35.2 Å². The van der Waals surface area contributed by atoms with Gasteiger partial charge in [0.2, 0.25) is 0 Å². The molecule has 0 fully saturated rings. The summed E-state index contributed by atoms with van der Waals surface area (Å²) in [6.45, 7) is 2.22. The standard InChI is InChI=1S/C12H13F2N3O/c1-7-3-4-8(13)10(11(7)14)12-16-9(17-18-12)5-6-15-2/h3-4,15H,5-6H2,1-2H3. The molecule has 96 valence electrons. The van der Waals surface area contributed by atoms with Crippen LogP contribution in [0, 0.1) is 18.6 Å². The Hall–Kier alpha value is -1.82. The van der Waals surface area contributed by atoms with Crippen LogP contribution in [0.2, 0.25) is 0 Å². The Balaban J connectivity index is 2.37. The summed E-state index contributed by atoms with van der Waals surface area (Å²) in [5, 5.41) is 6.61. The van der Waals surface area contributed by atoms with Crippen molar-refractivity contribution >= 4 is 0 Å². The molecule has 0 aliphatic carbocycles. The van der Waals surface area contributed by atoms with Crippen LogP contribution in [0.25, 0.3) is 11.5 Å². The Morgan fingerprint density at radius 1 is 1.33 bits per heavy atom. The molecule has 0 spiro atoms. The summed E-state index contributed by atoms with van der Waals surface area (Å²) in [4.78, 5) is 3.98. The zero-order valence-corrected chi connectivity index (χ0v) is 10.1. The van der Waals surface area contributed by atoms with Gasteiger partial charge in [0.15, 0.2) is 5.82 Å². The number of hydrogen-bond acceptors (Lipinski definition) is 4. The van der Waals surface area contributed by atoms with Crippen molar-refractivity contribution in [1.29, 1.82) is 0 Å². The van der Waals surface area contributed by atoms with Crippen LogP contribution >= 0.6 is 0 Å². The molecule has 0 bridgehead atoms. The van der Waals surface area contributed by atoms with Crippen LogP contribution in [0.1, 0.15) is 11.4 Å². The predicted molar refractivity (Wildman–Crippen MR) is 62.0 cm³/mol. The molecule has 0 unspecified atom stereocenters. The van der Waals surface area contributed by atoms with E-state index >= 15 is 0 Å². The van der Waals surface area contributed by atoms with E-state index in [0.29, 0.717) is 24.4 Å². The molecular weight excluding hydrogens is 240 g/mol. The average Bonchev–Trinajstić information content (AvgIpc) is 2.80. The molecule has 6 heteroatoms. The van der Waals surface area contributed by atoms with Gasteiger partial charge >= 0.3 is 0 Å². The molecule has 2 aromatic rings. The van der Waals surface area contributed by atoms with Gasteiger partial charge in [0.05, 0.1) is 0 Å². The van der Waals surface area contributed by atoms with E-state index < -0.39 is 11.6 Å². The number of nitrogens with one attached hydrogen (secondary N) is 1. The minimum Gasteiger partial charge on any atom is -0.334 e. The van der Waals surface area contributed by atoms with Crippen LogP contribution in [0.4, 0.5) is 8.78 Å². The second kappa shape index (κ2) is 5.22. The van der Waals surface area contributed by atoms with E-state index in [1.54, 1.807) is 14.0 Å². The summed E-state index contributed by atoms with van der Waals surface area (Å²) in [6, 6.07) is 2.55. The number of aromatic nitrogens is 2. The first kappa shape index (κ1) is 12.6. The lowest BCUT2D eigenvalue weighted by Crippen LogP contribution is -2.11. The van der Waals surface area contributed by atoms with E-state index in [1.165, 1.54) is 12.1 Å². The maximum Gasteiger partial charge on any atom is 0.263 e. The molecule has 1 aromatic carbocycles. The lowest BCUT2D eigenvalue weighted by Gasteiger charge is -2.02.